The summed E-state index contributed by atoms with van der Waals surface area (Å²) < 4.78 is 16.3. The molecule has 0 bridgehead atoms. The minimum atomic E-state index is -0.553. The number of likely N-dealkylation sites (tertiary alicyclic amines) is 1. The Morgan fingerprint density at radius 2 is 1.76 bits per heavy atom. The highest BCUT2D eigenvalue weighted by Gasteiger charge is 2.35. The van der Waals surface area contributed by atoms with E-state index in [2.05, 4.69) is 5.32 Å². The van der Waals surface area contributed by atoms with E-state index in [0.29, 0.717) is 24.4 Å². The van der Waals surface area contributed by atoms with Gasteiger partial charge < -0.3 is 19.5 Å². The van der Waals surface area contributed by atoms with Gasteiger partial charge in [0, 0.05) is 12.2 Å². The van der Waals surface area contributed by atoms with Crippen LogP contribution in [0.3, 0.4) is 0 Å². The molecule has 33 heavy (non-hydrogen) atoms. The molecule has 168 valence electrons. The van der Waals surface area contributed by atoms with Gasteiger partial charge in [-0.15, -0.1) is 0 Å². The maximum atomic E-state index is 13.0. The predicted molar refractivity (Wildman–Crippen MR) is 123 cm³/mol. The fourth-order valence-corrected chi connectivity index (χ4v) is 4.14. The van der Waals surface area contributed by atoms with Crippen molar-refractivity contribution in [1.82, 2.24) is 4.90 Å². The summed E-state index contributed by atoms with van der Waals surface area (Å²) in [6, 6.07) is 22.3. The average molecular weight is 444 g/mol. The second-order valence-electron chi connectivity index (χ2n) is 8.03. The summed E-state index contributed by atoms with van der Waals surface area (Å²) in [5.41, 5.74) is 3.48. The normalized spacial score (nSPS) is 16.5. The zero-order chi connectivity index (χ0) is 22.6. The summed E-state index contributed by atoms with van der Waals surface area (Å²) >= 11 is 0. The van der Waals surface area contributed by atoms with Crippen LogP contribution in [0.1, 0.15) is 18.4 Å². The Kier molecular flexibility index (Phi) is 5.85. The summed E-state index contributed by atoms with van der Waals surface area (Å²) in [6.07, 6.45) is 0.898. The van der Waals surface area contributed by atoms with Crippen LogP contribution in [0.4, 0.5) is 10.5 Å². The van der Waals surface area contributed by atoms with E-state index in [0.717, 1.165) is 28.9 Å². The van der Waals surface area contributed by atoms with E-state index >= 15 is 0 Å². The third-order valence-corrected chi connectivity index (χ3v) is 5.83. The minimum absolute atomic E-state index is 0.183. The molecule has 0 radical (unpaired) electrons. The van der Waals surface area contributed by atoms with Gasteiger partial charge in [0.15, 0.2) is 11.5 Å². The highest BCUT2D eigenvalue weighted by atomic mass is 16.7. The van der Waals surface area contributed by atoms with Crippen LogP contribution >= 0.6 is 0 Å². The Hall–Kier alpha value is -4.00. The Morgan fingerprint density at radius 1 is 0.939 bits per heavy atom. The number of nitrogens with one attached hydrogen (secondary N) is 1. The first-order valence-corrected chi connectivity index (χ1v) is 11.0. The van der Waals surface area contributed by atoms with Gasteiger partial charge in [-0.2, -0.15) is 0 Å². The van der Waals surface area contributed by atoms with Gasteiger partial charge in [-0.25, -0.2) is 4.79 Å². The van der Waals surface area contributed by atoms with Crippen molar-refractivity contribution in [1.29, 1.82) is 0 Å². The zero-order valence-corrected chi connectivity index (χ0v) is 18.0. The number of hydrogen-bond acceptors (Lipinski definition) is 5. The standard InChI is InChI=1S/C26H24N2O5/c29-25(22-10-5-13-28(22)26(30)31-16-18-6-2-1-3-7-18)27-21-9-4-8-19(14-21)20-11-12-23-24(15-20)33-17-32-23/h1-4,6-9,11-12,14-15,22H,5,10,13,16-17H2,(H,27,29)/t22-/m0/s1. The average Bonchev–Trinajstić information content (AvgIpc) is 3.53. The number of nitrogens with zero attached hydrogens (tertiary/aromatic N) is 1. The summed E-state index contributed by atoms with van der Waals surface area (Å²) in [7, 11) is 0. The molecule has 1 fully saturated rings. The third kappa shape index (κ3) is 4.62. The molecule has 1 N–H and O–H groups in total. The molecule has 2 amide bonds. The minimum Gasteiger partial charge on any atom is -0.454 e. The molecule has 1 atom stereocenters. The number of amides is 2. The molecule has 3 aromatic rings. The van der Waals surface area contributed by atoms with Crippen LogP contribution in [0, 0.1) is 0 Å². The van der Waals surface area contributed by atoms with Crippen LogP contribution in [-0.2, 0) is 16.1 Å². The second kappa shape index (κ2) is 9.24. The number of benzene rings is 3. The first kappa shape index (κ1) is 20.9. The van der Waals surface area contributed by atoms with Crippen molar-refractivity contribution >= 4 is 17.7 Å². The van der Waals surface area contributed by atoms with E-state index in [1.54, 1.807) is 0 Å². The zero-order valence-electron chi connectivity index (χ0n) is 18.0. The Bertz CT molecular complexity index is 1160. The van der Waals surface area contributed by atoms with E-state index in [1.165, 1.54) is 4.90 Å². The molecule has 3 aromatic carbocycles. The number of ether oxygens (including phenoxy) is 3. The number of anilines is 1. The number of rotatable bonds is 5. The highest BCUT2D eigenvalue weighted by molar-refractivity contribution is 5.97. The van der Waals surface area contributed by atoms with E-state index in [-0.39, 0.29) is 19.3 Å². The first-order chi connectivity index (χ1) is 16.2. The molecule has 7 heteroatoms. The summed E-state index contributed by atoms with van der Waals surface area (Å²) in [4.78, 5) is 27.1. The van der Waals surface area contributed by atoms with E-state index in [9.17, 15) is 9.59 Å². The van der Waals surface area contributed by atoms with E-state index < -0.39 is 12.1 Å². The molecule has 7 nitrogen and oxygen atoms in total. The molecule has 5 rings (SSSR count). The van der Waals surface area contributed by atoms with Crippen LogP contribution < -0.4 is 14.8 Å². The van der Waals surface area contributed by atoms with Crippen LogP contribution in [0.25, 0.3) is 11.1 Å². The lowest BCUT2D eigenvalue weighted by atomic mass is 10.0. The van der Waals surface area contributed by atoms with Gasteiger partial charge in [-0.05, 0) is 53.8 Å². The SMILES string of the molecule is O=C(Nc1cccc(-c2ccc3c(c2)OCO3)c1)[C@@H]1CCCN1C(=O)OCc1ccccc1. The lowest BCUT2D eigenvalue weighted by molar-refractivity contribution is -0.120. The van der Waals surface area contributed by atoms with Crippen molar-refractivity contribution in [2.24, 2.45) is 0 Å². The maximum absolute atomic E-state index is 13.0. The fourth-order valence-electron chi connectivity index (χ4n) is 4.14. The number of hydrogen-bond donors (Lipinski definition) is 1. The molecule has 0 saturated carbocycles. The van der Waals surface area contributed by atoms with E-state index in [4.69, 9.17) is 14.2 Å². The molecular formula is C26H24N2O5. The van der Waals surface area contributed by atoms with Crippen molar-refractivity contribution < 1.29 is 23.8 Å². The van der Waals surface area contributed by atoms with Crippen molar-refractivity contribution in [2.45, 2.75) is 25.5 Å². The monoisotopic (exact) mass is 444 g/mol. The van der Waals surface area contributed by atoms with Gasteiger partial charge >= 0.3 is 6.09 Å². The van der Waals surface area contributed by atoms with Crippen molar-refractivity contribution in [3.8, 4) is 22.6 Å². The highest BCUT2D eigenvalue weighted by Crippen LogP contribution is 2.36. The predicted octanol–water partition coefficient (Wildman–Crippen LogP) is 4.82. The molecule has 2 aliphatic heterocycles. The molecular weight excluding hydrogens is 420 g/mol. The van der Waals surface area contributed by atoms with Gasteiger partial charge in [0.05, 0.1) is 0 Å². The molecule has 2 aliphatic rings. The molecule has 0 unspecified atom stereocenters. The number of carbonyl (C=O) groups is 2. The van der Waals surface area contributed by atoms with Crippen molar-refractivity contribution in [2.75, 3.05) is 18.7 Å². The first-order valence-electron chi connectivity index (χ1n) is 11.0. The smallest absolute Gasteiger partial charge is 0.410 e. The molecule has 1 saturated heterocycles. The topological polar surface area (TPSA) is 77.1 Å². The molecule has 0 spiro atoms. The Morgan fingerprint density at radius 3 is 2.64 bits per heavy atom. The lowest BCUT2D eigenvalue weighted by Gasteiger charge is -2.23. The van der Waals surface area contributed by atoms with E-state index in [1.807, 2.05) is 72.8 Å². The summed E-state index contributed by atoms with van der Waals surface area (Å²) in [5, 5.41) is 2.96. The van der Waals surface area contributed by atoms with Crippen LogP contribution in [0.15, 0.2) is 72.8 Å². The third-order valence-electron chi connectivity index (χ3n) is 5.83. The Balaban J connectivity index is 1.24. The van der Waals surface area contributed by atoms with Crippen molar-refractivity contribution in [3.63, 3.8) is 0 Å². The lowest BCUT2D eigenvalue weighted by Crippen LogP contribution is -2.43. The van der Waals surface area contributed by atoms with Crippen LogP contribution in [-0.4, -0.2) is 36.3 Å². The fraction of sp³-hybridized carbons (Fsp3) is 0.231. The Labute approximate surface area is 191 Å². The second-order valence-corrected chi connectivity index (χ2v) is 8.03. The molecule has 0 aromatic heterocycles. The number of carbonyl (C=O) groups excluding carboxylic acids is 2. The largest absolute Gasteiger partial charge is 0.454 e. The summed E-state index contributed by atoms with van der Waals surface area (Å²) in [5.74, 6) is 1.22. The summed E-state index contributed by atoms with van der Waals surface area (Å²) in [6.45, 7) is 0.908. The van der Waals surface area contributed by atoms with Gasteiger partial charge in [0.25, 0.3) is 0 Å². The number of fused-ring (bicyclic) bond motifs is 1. The van der Waals surface area contributed by atoms with Crippen molar-refractivity contribution in [3.05, 3.63) is 78.4 Å². The van der Waals surface area contributed by atoms with Gasteiger partial charge in [0.2, 0.25) is 12.7 Å². The maximum Gasteiger partial charge on any atom is 0.410 e. The van der Waals surface area contributed by atoms with Crippen LogP contribution in [0.5, 0.6) is 11.5 Å². The quantitative estimate of drug-likeness (QED) is 0.610. The van der Waals surface area contributed by atoms with Crippen LogP contribution in [0.2, 0.25) is 0 Å². The van der Waals surface area contributed by atoms with Gasteiger partial charge in [-0.3, -0.25) is 9.69 Å². The molecule has 0 aliphatic carbocycles. The molecule has 2 heterocycles. The van der Waals surface area contributed by atoms with Gasteiger partial charge in [-0.1, -0.05) is 48.5 Å². The van der Waals surface area contributed by atoms with Gasteiger partial charge in [0.1, 0.15) is 12.6 Å².